The van der Waals surface area contributed by atoms with Crippen molar-refractivity contribution in [2.45, 2.75) is 44.4 Å². The van der Waals surface area contributed by atoms with E-state index in [1.807, 2.05) is 13.8 Å². The Bertz CT molecular complexity index is 758. The summed E-state index contributed by atoms with van der Waals surface area (Å²) in [5, 5.41) is 7.12. The number of amides is 1. The lowest BCUT2D eigenvalue weighted by atomic mass is 9.72. The molecule has 8 heteroatoms. The molecule has 8 nitrogen and oxygen atoms in total. The van der Waals surface area contributed by atoms with E-state index >= 15 is 0 Å². The quantitative estimate of drug-likeness (QED) is 0.831. The second-order valence-corrected chi connectivity index (χ2v) is 6.56. The van der Waals surface area contributed by atoms with Crippen LogP contribution in [-0.4, -0.2) is 50.3 Å². The van der Waals surface area contributed by atoms with Crippen LogP contribution < -0.4 is 11.1 Å². The molecule has 0 spiro atoms. The van der Waals surface area contributed by atoms with Crippen LogP contribution in [0.5, 0.6) is 0 Å². The molecule has 2 fully saturated rings. The maximum absolute atomic E-state index is 12.6. The minimum Gasteiger partial charge on any atom is -0.376 e. The molecule has 3 heterocycles. The highest BCUT2D eigenvalue weighted by Crippen LogP contribution is 2.37. The standard InChI is InChI=1S/C15H20N6O2/c1-7(2)10-5-9(19-15-17-6-18-21(10)15)14(22)20-12-11(16)8-3-4-23-13(8)12/h5-8,11-13H,3-4,16H2,1-2H3,(H,20,22)/t8-,11+,12-,13-/m0/s1. The lowest BCUT2D eigenvalue weighted by Crippen LogP contribution is -2.69. The van der Waals surface area contributed by atoms with Crippen molar-refractivity contribution in [3.05, 3.63) is 23.8 Å². The number of nitrogens with zero attached hydrogens (tertiary/aromatic N) is 4. The van der Waals surface area contributed by atoms with Gasteiger partial charge in [-0.1, -0.05) is 13.8 Å². The fourth-order valence-corrected chi connectivity index (χ4v) is 3.52. The zero-order valence-corrected chi connectivity index (χ0v) is 13.1. The summed E-state index contributed by atoms with van der Waals surface area (Å²) in [5.74, 6) is 0.738. The Hall–Kier alpha value is -2.06. The SMILES string of the molecule is CC(C)c1cc(C(=O)N[C@H]2[C@H](N)[C@@H]3CCO[C@@H]32)nc2ncnn12. The highest BCUT2D eigenvalue weighted by atomic mass is 16.5. The van der Waals surface area contributed by atoms with E-state index in [-0.39, 0.29) is 30.0 Å². The van der Waals surface area contributed by atoms with E-state index in [0.29, 0.717) is 17.4 Å². The number of fused-ring (bicyclic) bond motifs is 2. The molecule has 23 heavy (non-hydrogen) atoms. The van der Waals surface area contributed by atoms with Crippen LogP contribution in [0.25, 0.3) is 5.78 Å². The number of hydrogen-bond acceptors (Lipinski definition) is 6. The third-order valence-corrected chi connectivity index (χ3v) is 4.85. The first-order valence-electron chi connectivity index (χ1n) is 7.95. The van der Waals surface area contributed by atoms with E-state index in [4.69, 9.17) is 10.5 Å². The van der Waals surface area contributed by atoms with Gasteiger partial charge in [-0.3, -0.25) is 4.79 Å². The Morgan fingerprint density at radius 2 is 2.35 bits per heavy atom. The third-order valence-electron chi connectivity index (χ3n) is 4.85. The number of carbonyl (C=O) groups excluding carboxylic acids is 1. The second-order valence-electron chi connectivity index (χ2n) is 6.56. The van der Waals surface area contributed by atoms with Gasteiger partial charge in [0.05, 0.1) is 17.8 Å². The van der Waals surface area contributed by atoms with Crippen LogP contribution in [0.15, 0.2) is 12.4 Å². The summed E-state index contributed by atoms with van der Waals surface area (Å²) < 4.78 is 7.31. The normalized spacial score (nSPS) is 29.6. The van der Waals surface area contributed by atoms with Crippen molar-refractivity contribution in [1.82, 2.24) is 24.9 Å². The van der Waals surface area contributed by atoms with E-state index in [1.165, 1.54) is 6.33 Å². The number of aromatic nitrogens is 4. The summed E-state index contributed by atoms with van der Waals surface area (Å²) in [6, 6.07) is 1.57. The number of nitrogens with one attached hydrogen (secondary N) is 1. The summed E-state index contributed by atoms with van der Waals surface area (Å²) in [7, 11) is 0. The molecular formula is C15H20N6O2. The molecule has 0 bridgehead atoms. The Labute approximate surface area is 133 Å². The molecular weight excluding hydrogens is 296 g/mol. The lowest BCUT2D eigenvalue weighted by Gasteiger charge is -2.45. The molecule has 1 aliphatic heterocycles. The van der Waals surface area contributed by atoms with Crippen LogP contribution in [-0.2, 0) is 4.74 Å². The largest absolute Gasteiger partial charge is 0.376 e. The van der Waals surface area contributed by atoms with Gasteiger partial charge in [0.15, 0.2) is 0 Å². The number of hydrogen-bond donors (Lipinski definition) is 2. The molecule has 0 aromatic carbocycles. The molecule has 3 N–H and O–H groups in total. The van der Waals surface area contributed by atoms with Crippen molar-refractivity contribution in [3.8, 4) is 0 Å². The van der Waals surface area contributed by atoms with Gasteiger partial charge in [-0.15, -0.1) is 0 Å². The topological polar surface area (TPSA) is 107 Å². The van der Waals surface area contributed by atoms with Crippen molar-refractivity contribution in [2.75, 3.05) is 6.61 Å². The molecule has 0 radical (unpaired) electrons. The van der Waals surface area contributed by atoms with Gasteiger partial charge in [0.2, 0.25) is 0 Å². The van der Waals surface area contributed by atoms with Gasteiger partial charge in [-0.05, 0) is 18.4 Å². The maximum Gasteiger partial charge on any atom is 0.270 e. The average Bonchev–Trinajstić information content (AvgIpc) is 3.17. The number of carbonyl (C=O) groups is 1. The monoisotopic (exact) mass is 316 g/mol. The van der Waals surface area contributed by atoms with Crippen molar-refractivity contribution in [1.29, 1.82) is 0 Å². The summed E-state index contributed by atoms with van der Waals surface area (Å²) in [4.78, 5) is 21.0. The predicted molar refractivity (Wildman–Crippen MR) is 81.9 cm³/mol. The third kappa shape index (κ3) is 2.21. The van der Waals surface area contributed by atoms with E-state index in [1.54, 1.807) is 10.6 Å². The Balaban J connectivity index is 1.60. The van der Waals surface area contributed by atoms with Crippen molar-refractivity contribution >= 4 is 11.7 Å². The highest BCUT2D eigenvalue weighted by Gasteiger charge is 2.52. The average molecular weight is 316 g/mol. The highest BCUT2D eigenvalue weighted by molar-refractivity contribution is 5.93. The van der Waals surface area contributed by atoms with Crippen LogP contribution in [0, 0.1) is 5.92 Å². The zero-order valence-electron chi connectivity index (χ0n) is 13.1. The first-order valence-corrected chi connectivity index (χ1v) is 7.95. The van der Waals surface area contributed by atoms with E-state index in [9.17, 15) is 4.79 Å². The van der Waals surface area contributed by atoms with Crippen LogP contribution in [0.2, 0.25) is 0 Å². The summed E-state index contributed by atoms with van der Waals surface area (Å²) >= 11 is 0. The van der Waals surface area contributed by atoms with E-state index in [2.05, 4.69) is 20.4 Å². The Morgan fingerprint density at radius 1 is 1.52 bits per heavy atom. The minimum atomic E-state index is -0.244. The Kier molecular flexibility index (Phi) is 3.31. The smallest absolute Gasteiger partial charge is 0.270 e. The molecule has 0 unspecified atom stereocenters. The molecule has 2 aromatic rings. The summed E-state index contributed by atoms with van der Waals surface area (Å²) in [6.07, 6.45) is 2.45. The Morgan fingerprint density at radius 3 is 3.13 bits per heavy atom. The van der Waals surface area contributed by atoms with E-state index in [0.717, 1.165) is 18.7 Å². The molecule has 122 valence electrons. The molecule has 1 amide bonds. The first-order chi connectivity index (χ1) is 11.1. The molecule has 4 atom stereocenters. The van der Waals surface area contributed by atoms with Gasteiger partial charge in [-0.2, -0.15) is 10.1 Å². The lowest BCUT2D eigenvalue weighted by molar-refractivity contribution is -0.0161. The summed E-state index contributed by atoms with van der Waals surface area (Å²) in [5.41, 5.74) is 7.37. The van der Waals surface area contributed by atoms with E-state index < -0.39 is 0 Å². The molecule has 1 saturated heterocycles. The van der Waals surface area contributed by atoms with Gasteiger partial charge in [0.1, 0.15) is 12.0 Å². The fraction of sp³-hybridized carbons (Fsp3) is 0.600. The minimum absolute atomic E-state index is 0.0374. The van der Waals surface area contributed by atoms with Gasteiger partial charge < -0.3 is 15.8 Å². The van der Waals surface area contributed by atoms with Gasteiger partial charge in [0, 0.05) is 18.6 Å². The summed E-state index contributed by atoms with van der Waals surface area (Å²) in [6.45, 7) is 4.80. The molecule has 2 aromatic heterocycles. The molecule has 1 saturated carbocycles. The van der Waals surface area contributed by atoms with Gasteiger partial charge >= 0.3 is 0 Å². The zero-order chi connectivity index (χ0) is 16.1. The van der Waals surface area contributed by atoms with Crippen molar-refractivity contribution < 1.29 is 9.53 Å². The first kappa shape index (κ1) is 14.5. The maximum atomic E-state index is 12.6. The number of rotatable bonds is 3. The van der Waals surface area contributed by atoms with Crippen LogP contribution >= 0.6 is 0 Å². The van der Waals surface area contributed by atoms with Crippen LogP contribution in [0.3, 0.4) is 0 Å². The van der Waals surface area contributed by atoms with Gasteiger partial charge in [0.25, 0.3) is 11.7 Å². The van der Waals surface area contributed by atoms with Crippen LogP contribution in [0.1, 0.15) is 42.4 Å². The van der Waals surface area contributed by atoms with Crippen molar-refractivity contribution in [3.63, 3.8) is 0 Å². The number of nitrogens with two attached hydrogens (primary N) is 1. The molecule has 4 rings (SSSR count). The predicted octanol–water partition coefficient (Wildman–Crippen LogP) is 0.0921. The van der Waals surface area contributed by atoms with Crippen molar-refractivity contribution in [2.24, 2.45) is 11.7 Å². The second kappa shape index (κ2) is 5.24. The molecule has 2 aliphatic rings. The van der Waals surface area contributed by atoms with Crippen LogP contribution in [0.4, 0.5) is 0 Å². The van der Waals surface area contributed by atoms with Gasteiger partial charge in [-0.25, -0.2) is 9.50 Å². The number of ether oxygens (including phenoxy) is 1. The fourth-order valence-electron chi connectivity index (χ4n) is 3.52. The molecule has 1 aliphatic carbocycles.